The Balaban J connectivity index is 1.90. The van der Waals surface area contributed by atoms with E-state index in [1.165, 1.54) is 18.9 Å². The molecule has 6 nitrogen and oxygen atoms in total. The fourth-order valence-corrected chi connectivity index (χ4v) is 2.52. The van der Waals surface area contributed by atoms with E-state index in [4.69, 9.17) is 9.47 Å². The Hall–Kier alpha value is -1.82. The van der Waals surface area contributed by atoms with E-state index >= 15 is 0 Å². The van der Waals surface area contributed by atoms with Gasteiger partial charge in [-0.05, 0) is 51.3 Å². The van der Waals surface area contributed by atoms with Gasteiger partial charge in [-0.3, -0.25) is 10.1 Å². The smallest absolute Gasteiger partial charge is 0.311 e. The van der Waals surface area contributed by atoms with Crippen LogP contribution >= 0.6 is 0 Å². The molecule has 0 spiro atoms. The predicted molar refractivity (Wildman–Crippen MR) is 80.0 cm³/mol. The summed E-state index contributed by atoms with van der Waals surface area (Å²) >= 11 is 0. The summed E-state index contributed by atoms with van der Waals surface area (Å²) in [5, 5.41) is 14.3. The second kappa shape index (κ2) is 7.83. The number of ether oxygens (including phenoxy) is 2. The maximum Gasteiger partial charge on any atom is 0.311 e. The van der Waals surface area contributed by atoms with Crippen LogP contribution in [0.25, 0.3) is 0 Å². The summed E-state index contributed by atoms with van der Waals surface area (Å²) in [6.07, 6.45) is 3.45. The lowest BCUT2D eigenvalue weighted by Gasteiger charge is -2.22. The molecule has 1 unspecified atom stereocenters. The van der Waals surface area contributed by atoms with Crippen molar-refractivity contribution in [2.75, 3.05) is 26.3 Å². The Morgan fingerprint density at radius 2 is 2.29 bits per heavy atom. The van der Waals surface area contributed by atoms with Crippen LogP contribution < -0.4 is 14.8 Å². The lowest BCUT2D eigenvalue weighted by atomic mass is 9.97. The average molecular weight is 294 g/mol. The summed E-state index contributed by atoms with van der Waals surface area (Å²) in [6.45, 7) is 4.96. The molecule has 0 amide bonds. The maximum atomic E-state index is 10.9. The Kier molecular flexibility index (Phi) is 5.80. The van der Waals surface area contributed by atoms with Crippen LogP contribution in [0.15, 0.2) is 18.2 Å². The van der Waals surface area contributed by atoms with E-state index < -0.39 is 4.92 Å². The molecule has 1 aromatic rings. The number of rotatable bonds is 7. The van der Waals surface area contributed by atoms with E-state index in [2.05, 4.69) is 5.32 Å². The molecular formula is C15H22N2O4. The molecule has 2 rings (SSSR count). The van der Waals surface area contributed by atoms with Crippen molar-refractivity contribution in [2.24, 2.45) is 5.92 Å². The van der Waals surface area contributed by atoms with Gasteiger partial charge in [-0.2, -0.15) is 0 Å². The fourth-order valence-electron chi connectivity index (χ4n) is 2.52. The molecule has 0 radical (unpaired) electrons. The van der Waals surface area contributed by atoms with Gasteiger partial charge >= 0.3 is 5.69 Å². The van der Waals surface area contributed by atoms with Crippen molar-refractivity contribution in [1.82, 2.24) is 5.32 Å². The van der Waals surface area contributed by atoms with Crippen molar-refractivity contribution in [3.05, 3.63) is 28.3 Å². The van der Waals surface area contributed by atoms with Crippen LogP contribution in [0.4, 0.5) is 5.69 Å². The molecule has 1 heterocycles. The quantitative estimate of drug-likeness (QED) is 0.618. The van der Waals surface area contributed by atoms with E-state index in [1.54, 1.807) is 19.1 Å². The van der Waals surface area contributed by atoms with Gasteiger partial charge in [-0.1, -0.05) is 0 Å². The molecule has 1 N–H and O–H groups in total. The molecule has 0 aliphatic carbocycles. The summed E-state index contributed by atoms with van der Waals surface area (Å²) < 4.78 is 11.0. The summed E-state index contributed by atoms with van der Waals surface area (Å²) in [6, 6.07) is 4.66. The number of nitro benzene ring substituents is 1. The third kappa shape index (κ3) is 4.60. The zero-order chi connectivity index (χ0) is 15.1. The average Bonchev–Trinajstić information content (AvgIpc) is 2.49. The molecule has 0 saturated carbocycles. The number of nitro groups is 1. The molecule has 1 saturated heterocycles. The Bertz CT molecular complexity index is 473. The number of piperidine rings is 1. The molecule has 1 fully saturated rings. The normalized spacial score (nSPS) is 18.2. The van der Waals surface area contributed by atoms with Crippen molar-refractivity contribution in [3.63, 3.8) is 0 Å². The SMILES string of the molecule is CCOc1cc(OCCC2CCCNC2)ccc1[N+](=O)[O-]. The van der Waals surface area contributed by atoms with Crippen LogP contribution in [0, 0.1) is 16.0 Å². The first kappa shape index (κ1) is 15.6. The minimum absolute atomic E-state index is 0.0271. The molecule has 116 valence electrons. The van der Waals surface area contributed by atoms with E-state index in [9.17, 15) is 10.1 Å². The molecule has 21 heavy (non-hydrogen) atoms. The van der Waals surface area contributed by atoms with E-state index in [-0.39, 0.29) is 11.4 Å². The van der Waals surface area contributed by atoms with Crippen LogP contribution in [0.3, 0.4) is 0 Å². The zero-order valence-electron chi connectivity index (χ0n) is 12.3. The highest BCUT2D eigenvalue weighted by molar-refractivity contribution is 5.50. The number of hydrogen-bond donors (Lipinski definition) is 1. The highest BCUT2D eigenvalue weighted by atomic mass is 16.6. The standard InChI is InChI=1S/C15H22N2O4/c1-2-20-15-10-13(5-6-14(15)17(18)19)21-9-7-12-4-3-8-16-11-12/h5-6,10,12,16H,2-4,7-9,11H2,1H3. The largest absolute Gasteiger partial charge is 0.493 e. The van der Waals surface area contributed by atoms with Crippen molar-refractivity contribution in [3.8, 4) is 11.5 Å². The Morgan fingerprint density at radius 1 is 1.43 bits per heavy atom. The first-order chi connectivity index (χ1) is 10.2. The molecule has 0 aromatic heterocycles. The Morgan fingerprint density at radius 3 is 2.95 bits per heavy atom. The summed E-state index contributed by atoms with van der Waals surface area (Å²) in [5.41, 5.74) is -0.0271. The fraction of sp³-hybridized carbons (Fsp3) is 0.600. The van der Waals surface area contributed by atoms with Gasteiger partial charge in [0.1, 0.15) is 5.75 Å². The lowest BCUT2D eigenvalue weighted by molar-refractivity contribution is -0.385. The topological polar surface area (TPSA) is 73.6 Å². The zero-order valence-corrected chi connectivity index (χ0v) is 12.3. The number of benzene rings is 1. The molecule has 1 aliphatic heterocycles. The Labute approximate surface area is 124 Å². The maximum absolute atomic E-state index is 10.9. The van der Waals surface area contributed by atoms with E-state index in [0.717, 1.165) is 19.5 Å². The highest BCUT2D eigenvalue weighted by Crippen LogP contribution is 2.31. The second-order valence-corrected chi connectivity index (χ2v) is 5.17. The van der Waals surface area contributed by atoms with Crippen molar-refractivity contribution >= 4 is 5.69 Å². The summed E-state index contributed by atoms with van der Waals surface area (Å²) in [5.74, 6) is 1.54. The van der Waals surface area contributed by atoms with Gasteiger partial charge in [0, 0.05) is 12.1 Å². The van der Waals surface area contributed by atoms with Gasteiger partial charge in [0.15, 0.2) is 0 Å². The van der Waals surface area contributed by atoms with Crippen molar-refractivity contribution in [1.29, 1.82) is 0 Å². The van der Waals surface area contributed by atoms with E-state index in [0.29, 0.717) is 24.9 Å². The molecule has 0 bridgehead atoms. The minimum atomic E-state index is -0.442. The molecular weight excluding hydrogens is 272 g/mol. The number of nitrogens with one attached hydrogen (secondary N) is 1. The predicted octanol–water partition coefficient (Wildman–Crippen LogP) is 2.76. The van der Waals surface area contributed by atoms with Crippen molar-refractivity contribution in [2.45, 2.75) is 26.2 Å². The number of nitrogens with zero attached hydrogens (tertiary/aromatic N) is 1. The molecule has 6 heteroatoms. The van der Waals surface area contributed by atoms with Gasteiger partial charge in [0.2, 0.25) is 5.75 Å². The van der Waals surface area contributed by atoms with Crippen LogP contribution in [-0.2, 0) is 0 Å². The summed E-state index contributed by atoms with van der Waals surface area (Å²) in [7, 11) is 0. The monoisotopic (exact) mass is 294 g/mol. The first-order valence-corrected chi connectivity index (χ1v) is 7.45. The van der Waals surface area contributed by atoms with Crippen LogP contribution in [-0.4, -0.2) is 31.2 Å². The van der Waals surface area contributed by atoms with Crippen LogP contribution in [0.2, 0.25) is 0 Å². The van der Waals surface area contributed by atoms with Crippen LogP contribution in [0.5, 0.6) is 11.5 Å². The second-order valence-electron chi connectivity index (χ2n) is 5.17. The van der Waals surface area contributed by atoms with E-state index in [1.807, 2.05) is 0 Å². The first-order valence-electron chi connectivity index (χ1n) is 7.45. The van der Waals surface area contributed by atoms with Gasteiger partial charge in [0.25, 0.3) is 0 Å². The third-order valence-corrected chi connectivity index (χ3v) is 3.62. The third-order valence-electron chi connectivity index (χ3n) is 3.62. The van der Waals surface area contributed by atoms with Crippen LogP contribution in [0.1, 0.15) is 26.2 Å². The molecule has 1 atom stereocenters. The highest BCUT2D eigenvalue weighted by Gasteiger charge is 2.16. The minimum Gasteiger partial charge on any atom is -0.493 e. The summed E-state index contributed by atoms with van der Waals surface area (Å²) in [4.78, 5) is 10.5. The lowest BCUT2D eigenvalue weighted by Crippen LogP contribution is -2.30. The molecule has 1 aromatic carbocycles. The van der Waals surface area contributed by atoms with Crippen molar-refractivity contribution < 1.29 is 14.4 Å². The number of hydrogen-bond acceptors (Lipinski definition) is 5. The molecule has 1 aliphatic rings. The van der Waals surface area contributed by atoms with Gasteiger partial charge < -0.3 is 14.8 Å². The van der Waals surface area contributed by atoms with Gasteiger partial charge in [0.05, 0.1) is 18.1 Å². The van der Waals surface area contributed by atoms with Gasteiger partial charge in [-0.15, -0.1) is 0 Å². The van der Waals surface area contributed by atoms with Gasteiger partial charge in [-0.25, -0.2) is 0 Å².